The molecule has 6 aliphatic rings. The molecule has 6 saturated carbocycles. The lowest BCUT2D eigenvalue weighted by Gasteiger charge is -2.64. The average molecular weight is 389 g/mol. The topological polar surface area (TPSA) is 60.7 Å². The first-order valence-electron chi connectivity index (χ1n) is 12.3. The van der Waals surface area contributed by atoms with E-state index in [1.54, 1.807) is 0 Å². The zero-order valence-corrected chi connectivity index (χ0v) is 18.0. The zero-order valence-electron chi connectivity index (χ0n) is 18.0. The van der Waals surface area contributed by atoms with E-state index in [1.165, 1.54) is 19.3 Å². The van der Waals surface area contributed by atoms with Crippen molar-refractivity contribution in [1.82, 2.24) is 0 Å². The highest BCUT2D eigenvalue weighted by Crippen LogP contribution is 2.82. The SMILES string of the molecule is CCCCC1(O)C2CC2C2C3C4CC4C4(O)CC(O)CCC4(C)C3CCC21C. The fourth-order valence-electron chi connectivity index (χ4n) is 10.2. The van der Waals surface area contributed by atoms with Crippen LogP contribution in [0.25, 0.3) is 0 Å². The van der Waals surface area contributed by atoms with E-state index < -0.39 is 11.2 Å². The van der Waals surface area contributed by atoms with Gasteiger partial charge >= 0.3 is 0 Å². The van der Waals surface area contributed by atoms with Gasteiger partial charge in [0.2, 0.25) is 0 Å². The minimum atomic E-state index is -0.649. The molecule has 28 heavy (non-hydrogen) atoms. The highest BCUT2D eigenvalue weighted by Gasteiger charge is 2.80. The molecule has 6 fully saturated rings. The molecule has 0 radical (unpaired) electrons. The summed E-state index contributed by atoms with van der Waals surface area (Å²) in [5.41, 5.74) is -1.04. The second-order valence-corrected chi connectivity index (χ2v) is 12.4. The standard InChI is InChI=1S/C25H40O3/c1-4-5-8-24(27)19-12-16(19)21-20-15-11-18(15)25(28)13-14(26)6-9-22(25,2)17(20)7-10-23(21,24)3/h14-21,26-28H,4-13H2,1-3H3. The average Bonchev–Trinajstić information content (AvgIpc) is 3.54. The Morgan fingerprint density at radius 1 is 0.893 bits per heavy atom. The van der Waals surface area contributed by atoms with Gasteiger partial charge in [-0.15, -0.1) is 0 Å². The van der Waals surface area contributed by atoms with Crippen LogP contribution in [0.3, 0.4) is 0 Å². The number of hydrogen-bond donors (Lipinski definition) is 3. The Morgan fingerprint density at radius 2 is 1.61 bits per heavy atom. The predicted octanol–water partition coefficient (Wildman–Crippen LogP) is 4.14. The number of unbranched alkanes of at least 4 members (excludes halogenated alkanes) is 1. The first-order valence-corrected chi connectivity index (χ1v) is 12.3. The number of aliphatic hydroxyl groups is 3. The molecule has 12 unspecified atom stereocenters. The lowest BCUT2D eigenvalue weighted by atomic mass is 9.42. The van der Waals surface area contributed by atoms with Gasteiger partial charge in [0.25, 0.3) is 0 Å². The molecule has 0 heterocycles. The number of hydrogen-bond acceptors (Lipinski definition) is 3. The van der Waals surface area contributed by atoms with Gasteiger partial charge in [0, 0.05) is 6.42 Å². The monoisotopic (exact) mass is 388 g/mol. The highest BCUT2D eigenvalue weighted by atomic mass is 16.3. The van der Waals surface area contributed by atoms with E-state index >= 15 is 0 Å². The maximum atomic E-state index is 12.0. The van der Waals surface area contributed by atoms with Gasteiger partial charge in [-0.3, -0.25) is 0 Å². The molecular formula is C25H40O3. The summed E-state index contributed by atoms with van der Waals surface area (Å²) >= 11 is 0. The first kappa shape index (κ1) is 18.6. The van der Waals surface area contributed by atoms with Crippen molar-refractivity contribution in [2.24, 2.45) is 52.3 Å². The summed E-state index contributed by atoms with van der Waals surface area (Å²) in [5.74, 6) is 4.29. The van der Waals surface area contributed by atoms with E-state index in [1.807, 2.05) is 0 Å². The molecule has 3 N–H and O–H groups in total. The number of aliphatic hydroxyl groups excluding tert-OH is 1. The van der Waals surface area contributed by atoms with E-state index in [0.717, 1.165) is 44.4 Å². The molecule has 0 amide bonds. The van der Waals surface area contributed by atoms with Crippen LogP contribution in [0.15, 0.2) is 0 Å². The molecule has 0 bridgehead atoms. The fourth-order valence-corrected chi connectivity index (χ4v) is 10.2. The molecule has 0 aromatic heterocycles. The molecule has 12 atom stereocenters. The van der Waals surface area contributed by atoms with Gasteiger partial charge in [-0.05, 0) is 97.2 Å². The van der Waals surface area contributed by atoms with Crippen molar-refractivity contribution < 1.29 is 15.3 Å². The lowest BCUT2D eigenvalue weighted by molar-refractivity contribution is -0.237. The quantitative estimate of drug-likeness (QED) is 0.681. The summed E-state index contributed by atoms with van der Waals surface area (Å²) < 4.78 is 0. The lowest BCUT2D eigenvalue weighted by Crippen LogP contribution is -2.65. The molecule has 0 aliphatic heterocycles. The van der Waals surface area contributed by atoms with Crippen LogP contribution in [0, 0.1) is 52.3 Å². The molecule has 3 nitrogen and oxygen atoms in total. The Hall–Kier alpha value is -0.120. The Morgan fingerprint density at radius 3 is 2.36 bits per heavy atom. The number of fused-ring (bicyclic) bond motifs is 10. The van der Waals surface area contributed by atoms with E-state index in [4.69, 9.17) is 0 Å². The normalized spacial score (nSPS) is 66.2. The third-order valence-corrected chi connectivity index (χ3v) is 11.7. The molecule has 0 aromatic carbocycles. The summed E-state index contributed by atoms with van der Waals surface area (Å²) in [6, 6.07) is 0. The van der Waals surface area contributed by atoms with Gasteiger partial charge in [-0.25, -0.2) is 0 Å². The van der Waals surface area contributed by atoms with Crippen molar-refractivity contribution in [2.75, 3.05) is 0 Å². The molecule has 6 rings (SSSR count). The van der Waals surface area contributed by atoms with Crippen LogP contribution in [-0.2, 0) is 0 Å². The van der Waals surface area contributed by atoms with Crippen LogP contribution in [0.5, 0.6) is 0 Å². The van der Waals surface area contributed by atoms with Crippen molar-refractivity contribution in [3.8, 4) is 0 Å². The first-order chi connectivity index (χ1) is 13.2. The van der Waals surface area contributed by atoms with E-state index in [-0.39, 0.29) is 16.9 Å². The Balaban J connectivity index is 1.38. The maximum absolute atomic E-state index is 12.0. The molecule has 0 aromatic rings. The largest absolute Gasteiger partial charge is 0.393 e. The molecule has 3 heteroatoms. The fraction of sp³-hybridized carbons (Fsp3) is 1.00. The van der Waals surface area contributed by atoms with Crippen LogP contribution in [0.4, 0.5) is 0 Å². The second kappa shape index (κ2) is 5.37. The van der Waals surface area contributed by atoms with Crippen molar-refractivity contribution >= 4 is 0 Å². The predicted molar refractivity (Wildman–Crippen MR) is 108 cm³/mol. The van der Waals surface area contributed by atoms with Gasteiger partial charge < -0.3 is 15.3 Å². The van der Waals surface area contributed by atoms with E-state index in [0.29, 0.717) is 41.9 Å². The number of rotatable bonds is 3. The third-order valence-electron chi connectivity index (χ3n) is 11.7. The Labute approximate surface area is 170 Å². The zero-order chi connectivity index (χ0) is 19.7. The molecule has 0 saturated heterocycles. The van der Waals surface area contributed by atoms with Crippen molar-refractivity contribution in [3.05, 3.63) is 0 Å². The van der Waals surface area contributed by atoms with Gasteiger partial charge in [-0.2, -0.15) is 0 Å². The van der Waals surface area contributed by atoms with Crippen LogP contribution in [0.1, 0.15) is 85.0 Å². The molecular weight excluding hydrogens is 348 g/mol. The highest BCUT2D eigenvalue weighted by molar-refractivity contribution is 5.29. The molecule has 0 spiro atoms. The summed E-state index contributed by atoms with van der Waals surface area (Å²) in [7, 11) is 0. The summed E-state index contributed by atoms with van der Waals surface area (Å²) in [4.78, 5) is 0. The summed E-state index contributed by atoms with van der Waals surface area (Å²) in [6.07, 6.45) is 10.2. The third kappa shape index (κ3) is 1.90. The Kier molecular flexibility index (Phi) is 3.58. The van der Waals surface area contributed by atoms with Crippen molar-refractivity contribution in [1.29, 1.82) is 0 Å². The smallest absolute Gasteiger partial charge is 0.0759 e. The van der Waals surface area contributed by atoms with Gasteiger partial charge in [0.05, 0.1) is 17.3 Å². The van der Waals surface area contributed by atoms with Gasteiger partial charge in [0.1, 0.15) is 0 Å². The van der Waals surface area contributed by atoms with Crippen LogP contribution in [-0.4, -0.2) is 32.6 Å². The van der Waals surface area contributed by atoms with Crippen molar-refractivity contribution in [3.63, 3.8) is 0 Å². The minimum Gasteiger partial charge on any atom is -0.393 e. The van der Waals surface area contributed by atoms with Crippen molar-refractivity contribution in [2.45, 2.75) is 102 Å². The molecule has 158 valence electrons. The maximum Gasteiger partial charge on any atom is 0.0759 e. The van der Waals surface area contributed by atoms with Crippen LogP contribution >= 0.6 is 0 Å². The molecule has 6 aliphatic carbocycles. The van der Waals surface area contributed by atoms with E-state index in [2.05, 4.69) is 20.8 Å². The van der Waals surface area contributed by atoms with E-state index in [9.17, 15) is 15.3 Å². The van der Waals surface area contributed by atoms with Gasteiger partial charge in [-0.1, -0.05) is 33.6 Å². The van der Waals surface area contributed by atoms with Crippen LogP contribution < -0.4 is 0 Å². The van der Waals surface area contributed by atoms with Gasteiger partial charge in [0.15, 0.2) is 0 Å². The minimum absolute atomic E-state index is 0.0373. The second-order valence-electron chi connectivity index (χ2n) is 12.4. The summed E-state index contributed by atoms with van der Waals surface area (Å²) in [6.45, 7) is 7.06. The summed E-state index contributed by atoms with van der Waals surface area (Å²) in [5, 5.41) is 34.2. The van der Waals surface area contributed by atoms with Crippen LogP contribution in [0.2, 0.25) is 0 Å². The Bertz CT molecular complexity index is 693.